The van der Waals surface area contributed by atoms with Crippen molar-refractivity contribution in [3.63, 3.8) is 0 Å². The van der Waals surface area contributed by atoms with Gasteiger partial charge in [-0.15, -0.1) is 0 Å². The summed E-state index contributed by atoms with van der Waals surface area (Å²) in [5.74, 6) is 0.206. The largest absolute Gasteiger partial charge is 0.339 e. The van der Waals surface area contributed by atoms with Crippen molar-refractivity contribution in [2.75, 3.05) is 7.05 Å². The van der Waals surface area contributed by atoms with Crippen molar-refractivity contribution < 1.29 is 4.79 Å². The van der Waals surface area contributed by atoms with Crippen LogP contribution < -0.4 is 5.56 Å². The Bertz CT molecular complexity index is 1280. The molecular weight excluding hydrogens is 374 g/mol. The van der Waals surface area contributed by atoms with E-state index in [1.54, 1.807) is 15.7 Å². The molecule has 2 heterocycles. The predicted octanol–water partition coefficient (Wildman–Crippen LogP) is 4.42. The van der Waals surface area contributed by atoms with Crippen molar-refractivity contribution in [2.24, 2.45) is 13.0 Å². The molecule has 30 heavy (non-hydrogen) atoms. The highest BCUT2D eigenvalue weighted by atomic mass is 16.2. The first-order valence-corrected chi connectivity index (χ1v) is 10.3. The zero-order chi connectivity index (χ0) is 21.4. The third kappa shape index (κ3) is 3.41. The van der Waals surface area contributed by atoms with Crippen LogP contribution in [0.3, 0.4) is 0 Å². The molecular formula is C25H27N3O2. The third-order valence-corrected chi connectivity index (χ3v) is 5.53. The van der Waals surface area contributed by atoms with Crippen LogP contribution in [0.15, 0.2) is 65.6 Å². The van der Waals surface area contributed by atoms with Crippen LogP contribution in [-0.4, -0.2) is 27.0 Å². The molecule has 0 aliphatic carbocycles. The van der Waals surface area contributed by atoms with Gasteiger partial charge in [0.25, 0.3) is 11.5 Å². The molecule has 0 bridgehead atoms. The monoisotopic (exact) mass is 401 g/mol. The Hall–Kier alpha value is -3.34. The number of carbonyl (C=O) groups is 1. The molecule has 0 aliphatic rings. The van der Waals surface area contributed by atoms with E-state index in [4.69, 9.17) is 0 Å². The standard InChI is InChI=1S/C25H27N3O2/c1-17(2)14-28-16-20(24(29)26(3)15-18-10-6-5-7-11-18)22-19-12-8-9-13-21(19)27(4)23(22)25(28)30/h5-13,16-17H,14-15H2,1-4H3. The quantitative estimate of drug-likeness (QED) is 0.497. The number of aryl methyl sites for hydroxylation is 1. The summed E-state index contributed by atoms with van der Waals surface area (Å²) in [6.45, 7) is 5.22. The Morgan fingerprint density at radius 1 is 1.03 bits per heavy atom. The minimum absolute atomic E-state index is 0.0559. The smallest absolute Gasteiger partial charge is 0.275 e. The van der Waals surface area contributed by atoms with Crippen molar-refractivity contribution in [3.05, 3.63) is 82.3 Å². The normalized spacial score (nSPS) is 11.5. The number of aromatic nitrogens is 2. The lowest BCUT2D eigenvalue weighted by atomic mass is 10.1. The van der Waals surface area contributed by atoms with Gasteiger partial charge >= 0.3 is 0 Å². The van der Waals surface area contributed by atoms with Crippen LogP contribution >= 0.6 is 0 Å². The Morgan fingerprint density at radius 3 is 2.40 bits per heavy atom. The number of pyridine rings is 1. The van der Waals surface area contributed by atoms with Crippen LogP contribution in [0.4, 0.5) is 0 Å². The van der Waals surface area contributed by atoms with E-state index < -0.39 is 0 Å². The molecule has 0 fully saturated rings. The molecule has 0 atom stereocenters. The molecule has 2 aromatic heterocycles. The molecule has 0 N–H and O–H groups in total. The van der Waals surface area contributed by atoms with Gasteiger partial charge < -0.3 is 14.0 Å². The van der Waals surface area contributed by atoms with Gasteiger partial charge in [0.05, 0.1) is 5.56 Å². The number of carbonyl (C=O) groups excluding carboxylic acids is 1. The number of benzene rings is 2. The lowest BCUT2D eigenvalue weighted by Crippen LogP contribution is -2.30. The van der Waals surface area contributed by atoms with Gasteiger partial charge in [0.1, 0.15) is 5.52 Å². The Morgan fingerprint density at radius 2 is 1.70 bits per heavy atom. The van der Waals surface area contributed by atoms with Crippen LogP contribution in [0.25, 0.3) is 21.8 Å². The molecule has 5 nitrogen and oxygen atoms in total. The molecule has 0 radical (unpaired) electrons. The van der Waals surface area contributed by atoms with Crippen LogP contribution in [0.1, 0.15) is 29.8 Å². The van der Waals surface area contributed by atoms with Crippen molar-refractivity contribution in [3.8, 4) is 0 Å². The van der Waals surface area contributed by atoms with Gasteiger partial charge in [-0.05, 0) is 17.5 Å². The molecule has 5 heteroatoms. The molecule has 0 unspecified atom stereocenters. The average molecular weight is 402 g/mol. The number of amides is 1. The summed E-state index contributed by atoms with van der Waals surface area (Å²) in [6, 6.07) is 17.8. The summed E-state index contributed by atoms with van der Waals surface area (Å²) in [6.07, 6.45) is 1.75. The average Bonchev–Trinajstić information content (AvgIpc) is 3.03. The van der Waals surface area contributed by atoms with Crippen LogP contribution in [0.2, 0.25) is 0 Å². The molecule has 2 aromatic carbocycles. The van der Waals surface area contributed by atoms with Crippen LogP contribution in [0.5, 0.6) is 0 Å². The van der Waals surface area contributed by atoms with Crippen molar-refractivity contribution >= 4 is 27.7 Å². The van der Waals surface area contributed by atoms with E-state index in [0.717, 1.165) is 21.9 Å². The van der Waals surface area contributed by atoms with E-state index in [9.17, 15) is 9.59 Å². The van der Waals surface area contributed by atoms with E-state index in [-0.39, 0.29) is 11.5 Å². The zero-order valence-corrected chi connectivity index (χ0v) is 17.9. The van der Waals surface area contributed by atoms with Gasteiger partial charge in [0, 0.05) is 49.7 Å². The molecule has 0 spiro atoms. The van der Waals surface area contributed by atoms with Gasteiger partial charge in [-0.25, -0.2) is 0 Å². The molecule has 0 saturated heterocycles. The predicted molar refractivity (Wildman–Crippen MR) is 122 cm³/mol. The van der Waals surface area contributed by atoms with Gasteiger partial charge in [-0.1, -0.05) is 62.4 Å². The Kier molecular flexibility index (Phi) is 5.20. The first kappa shape index (κ1) is 20.0. The molecule has 154 valence electrons. The van der Waals surface area contributed by atoms with Crippen molar-refractivity contribution in [1.82, 2.24) is 14.0 Å². The van der Waals surface area contributed by atoms with Gasteiger partial charge in [0.15, 0.2) is 0 Å². The summed E-state index contributed by atoms with van der Waals surface area (Å²) in [7, 11) is 3.71. The van der Waals surface area contributed by atoms with Crippen molar-refractivity contribution in [2.45, 2.75) is 26.9 Å². The fourth-order valence-corrected chi connectivity index (χ4v) is 4.16. The number of nitrogens with zero attached hydrogens (tertiary/aromatic N) is 3. The summed E-state index contributed by atoms with van der Waals surface area (Å²) < 4.78 is 3.60. The Labute approximate surface area is 176 Å². The SMILES string of the molecule is CC(C)Cn1cc(C(=O)N(C)Cc2ccccc2)c2c3ccccc3n(C)c2c1=O. The van der Waals surface area contributed by atoms with E-state index in [0.29, 0.717) is 30.1 Å². The minimum atomic E-state index is -0.0855. The number of rotatable bonds is 5. The van der Waals surface area contributed by atoms with E-state index in [1.165, 1.54) is 0 Å². The molecule has 4 aromatic rings. The third-order valence-electron chi connectivity index (χ3n) is 5.53. The maximum absolute atomic E-state index is 13.6. The topological polar surface area (TPSA) is 47.2 Å². The molecule has 0 saturated carbocycles. The van der Waals surface area contributed by atoms with Gasteiger partial charge in [-0.3, -0.25) is 9.59 Å². The zero-order valence-electron chi connectivity index (χ0n) is 17.9. The summed E-state index contributed by atoms with van der Waals surface area (Å²) >= 11 is 0. The second kappa shape index (κ2) is 7.82. The van der Waals surface area contributed by atoms with Gasteiger partial charge in [0.2, 0.25) is 0 Å². The highest BCUT2D eigenvalue weighted by molar-refractivity contribution is 6.17. The fraction of sp³-hybridized carbons (Fsp3) is 0.280. The maximum atomic E-state index is 13.6. The number of fused-ring (bicyclic) bond motifs is 3. The second-order valence-corrected chi connectivity index (χ2v) is 8.34. The lowest BCUT2D eigenvalue weighted by molar-refractivity contribution is 0.0786. The fourth-order valence-electron chi connectivity index (χ4n) is 4.16. The molecule has 4 rings (SSSR count). The second-order valence-electron chi connectivity index (χ2n) is 8.34. The van der Waals surface area contributed by atoms with E-state index in [1.807, 2.05) is 73.3 Å². The van der Waals surface area contributed by atoms with E-state index in [2.05, 4.69) is 13.8 Å². The maximum Gasteiger partial charge on any atom is 0.275 e. The minimum Gasteiger partial charge on any atom is -0.339 e. The lowest BCUT2D eigenvalue weighted by Gasteiger charge is -2.19. The van der Waals surface area contributed by atoms with Crippen molar-refractivity contribution in [1.29, 1.82) is 0 Å². The van der Waals surface area contributed by atoms with E-state index >= 15 is 0 Å². The van der Waals surface area contributed by atoms with Crippen LogP contribution in [0, 0.1) is 5.92 Å². The molecule has 0 aliphatic heterocycles. The number of hydrogen-bond acceptors (Lipinski definition) is 2. The highest BCUT2D eigenvalue weighted by Crippen LogP contribution is 2.29. The number of hydrogen-bond donors (Lipinski definition) is 0. The summed E-state index contributed by atoms with van der Waals surface area (Å²) in [5, 5.41) is 1.67. The summed E-state index contributed by atoms with van der Waals surface area (Å²) in [5.41, 5.74) is 3.11. The highest BCUT2D eigenvalue weighted by Gasteiger charge is 2.23. The van der Waals surface area contributed by atoms with Crippen LogP contribution in [-0.2, 0) is 20.1 Å². The first-order chi connectivity index (χ1) is 14.4. The Balaban J connectivity index is 1.93. The van der Waals surface area contributed by atoms with Gasteiger partial charge in [-0.2, -0.15) is 0 Å². The summed E-state index contributed by atoms with van der Waals surface area (Å²) in [4.78, 5) is 28.6. The first-order valence-electron chi connectivity index (χ1n) is 10.3. The molecule has 1 amide bonds. The number of para-hydroxylation sites is 1.